The SMILES string of the molecule is Cc1ccc(O)c(C2CC(C(=O)Nc3nc4ccc(Cl)cc4s3)NN2)c1. The van der Waals surface area contributed by atoms with E-state index in [0.717, 1.165) is 21.3 Å². The zero-order valence-electron chi connectivity index (χ0n) is 13.9. The number of nitrogens with zero attached hydrogens (tertiary/aromatic N) is 1. The van der Waals surface area contributed by atoms with Crippen LogP contribution in [0.1, 0.15) is 23.6 Å². The summed E-state index contributed by atoms with van der Waals surface area (Å²) in [7, 11) is 0. The van der Waals surface area contributed by atoms with Crippen molar-refractivity contribution in [1.82, 2.24) is 15.8 Å². The van der Waals surface area contributed by atoms with Gasteiger partial charge in [-0.15, -0.1) is 0 Å². The van der Waals surface area contributed by atoms with E-state index in [-0.39, 0.29) is 17.7 Å². The average Bonchev–Trinajstić information content (AvgIpc) is 3.23. The molecule has 2 unspecified atom stereocenters. The predicted molar refractivity (Wildman–Crippen MR) is 104 cm³/mol. The van der Waals surface area contributed by atoms with Gasteiger partial charge in [0.15, 0.2) is 5.13 Å². The number of rotatable bonds is 3. The molecule has 1 amide bonds. The minimum atomic E-state index is -0.421. The van der Waals surface area contributed by atoms with Crippen LogP contribution in [0.3, 0.4) is 0 Å². The second-order valence-corrected chi connectivity index (χ2v) is 7.78. The van der Waals surface area contributed by atoms with Crippen molar-refractivity contribution in [2.24, 2.45) is 0 Å². The molecule has 4 N–H and O–H groups in total. The Bertz CT molecular complexity index is 990. The van der Waals surface area contributed by atoms with Crippen LogP contribution in [0.5, 0.6) is 5.75 Å². The molecule has 3 aromatic rings. The van der Waals surface area contributed by atoms with E-state index in [1.165, 1.54) is 11.3 Å². The van der Waals surface area contributed by atoms with Crippen LogP contribution in [0, 0.1) is 6.92 Å². The molecule has 1 aliphatic rings. The topological polar surface area (TPSA) is 86.3 Å². The van der Waals surface area contributed by atoms with E-state index < -0.39 is 6.04 Å². The van der Waals surface area contributed by atoms with Crippen molar-refractivity contribution in [1.29, 1.82) is 0 Å². The standard InChI is InChI=1S/C18H17ClN4O2S/c1-9-2-5-15(24)11(6-9)13-8-14(23-22-13)17(25)21-18-20-12-4-3-10(19)7-16(12)26-18/h2-7,13-14,22-24H,8H2,1H3,(H,20,21,25). The van der Waals surface area contributed by atoms with Gasteiger partial charge in [0, 0.05) is 10.6 Å². The van der Waals surface area contributed by atoms with Gasteiger partial charge in [0.2, 0.25) is 5.91 Å². The number of hydrogen-bond acceptors (Lipinski definition) is 6. The van der Waals surface area contributed by atoms with Gasteiger partial charge in [-0.2, -0.15) is 0 Å². The Hall–Kier alpha value is -2.19. The van der Waals surface area contributed by atoms with Crippen LogP contribution in [-0.4, -0.2) is 22.0 Å². The Morgan fingerprint density at radius 1 is 1.31 bits per heavy atom. The maximum Gasteiger partial charge on any atom is 0.244 e. The highest BCUT2D eigenvalue weighted by Gasteiger charge is 2.31. The number of carbonyl (C=O) groups excluding carboxylic acids is 1. The van der Waals surface area contributed by atoms with Crippen molar-refractivity contribution in [3.05, 3.63) is 52.5 Å². The fourth-order valence-corrected chi connectivity index (χ4v) is 4.17. The van der Waals surface area contributed by atoms with Crippen LogP contribution >= 0.6 is 22.9 Å². The fourth-order valence-electron chi connectivity index (χ4n) is 3.03. The minimum absolute atomic E-state index is 0.139. The number of carbonyl (C=O) groups is 1. The van der Waals surface area contributed by atoms with E-state index in [1.807, 2.05) is 31.2 Å². The van der Waals surface area contributed by atoms with Gasteiger partial charge < -0.3 is 10.4 Å². The van der Waals surface area contributed by atoms with Crippen molar-refractivity contribution >= 4 is 44.2 Å². The zero-order valence-corrected chi connectivity index (χ0v) is 15.5. The normalized spacial score (nSPS) is 19.8. The lowest BCUT2D eigenvalue weighted by molar-refractivity contribution is -0.117. The number of halogens is 1. The molecule has 2 atom stereocenters. The van der Waals surface area contributed by atoms with Crippen LogP contribution in [0.15, 0.2) is 36.4 Å². The number of hydrogen-bond donors (Lipinski definition) is 4. The molecule has 0 saturated carbocycles. The number of phenolic OH excluding ortho intramolecular Hbond substituents is 1. The third kappa shape index (κ3) is 3.39. The molecule has 8 heteroatoms. The molecule has 0 aliphatic carbocycles. The number of anilines is 1. The first kappa shape index (κ1) is 17.2. The van der Waals surface area contributed by atoms with Gasteiger partial charge in [0.25, 0.3) is 0 Å². The number of phenols is 1. The first-order valence-corrected chi connectivity index (χ1v) is 9.36. The van der Waals surface area contributed by atoms with Crippen LogP contribution in [0.25, 0.3) is 10.2 Å². The second-order valence-electron chi connectivity index (χ2n) is 6.31. The summed E-state index contributed by atoms with van der Waals surface area (Å²) in [4.78, 5) is 17.0. The number of hydrazine groups is 1. The summed E-state index contributed by atoms with van der Waals surface area (Å²) < 4.78 is 0.924. The Kier molecular flexibility index (Phi) is 4.54. The second kappa shape index (κ2) is 6.85. The van der Waals surface area contributed by atoms with Crippen molar-refractivity contribution in [2.75, 3.05) is 5.32 Å². The van der Waals surface area contributed by atoms with Crippen LogP contribution in [0.4, 0.5) is 5.13 Å². The van der Waals surface area contributed by atoms with E-state index in [4.69, 9.17) is 11.6 Å². The largest absolute Gasteiger partial charge is 0.508 e. The highest BCUT2D eigenvalue weighted by atomic mass is 35.5. The van der Waals surface area contributed by atoms with E-state index in [2.05, 4.69) is 21.2 Å². The number of thiazole rings is 1. The summed E-state index contributed by atoms with van der Waals surface area (Å²) >= 11 is 7.37. The summed E-state index contributed by atoms with van der Waals surface area (Å²) in [6.07, 6.45) is 0.527. The zero-order chi connectivity index (χ0) is 18.3. The van der Waals surface area contributed by atoms with Gasteiger partial charge in [-0.1, -0.05) is 40.6 Å². The third-order valence-corrected chi connectivity index (χ3v) is 5.53. The summed E-state index contributed by atoms with van der Waals surface area (Å²) in [5.74, 6) is 0.0521. The van der Waals surface area contributed by atoms with E-state index in [9.17, 15) is 9.90 Å². The molecule has 0 spiro atoms. The van der Waals surface area contributed by atoms with E-state index in [0.29, 0.717) is 16.6 Å². The number of aryl methyl sites for hydroxylation is 1. The van der Waals surface area contributed by atoms with Crippen molar-refractivity contribution in [2.45, 2.75) is 25.4 Å². The number of amides is 1. The maximum atomic E-state index is 12.6. The first-order chi connectivity index (χ1) is 12.5. The van der Waals surface area contributed by atoms with Gasteiger partial charge in [0.05, 0.1) is 16.3 Å². The molecule has 4 rings (SSSR count). The Morgan fingerprint density at radius 3 is 3.00 bits per heavy atom. The Balaban J connectivity index is 1.46. The molecule has 2 aromatic carbocycles. The lowest BCUT2D eigenvalue weighted by Gasteiger charge is -2.12. The Morgan fingerprint density at radius 2 is 2.15 bits per heavy atom. The number of aromatic nitrogens is 1. The van der Waals surface area contributed by atoms with E-state index >= 15 is 0 Å². The maximum absolute atomic E-state index is 12.6. The Labute approximate surface area is 159 Å². The smallest absolute Gasteiger partial charge is 0.244 e. The summed E-state index contributed by atoms with van der Waals surface area (Å²) in [6, 6.07) is 10.3. The van der Waals surface area contributed by atoms with Gasteiger partial charge in [0.1, 0.15) is 11.8 Å². The summed E-state index contributed by atoms with van der Waals surface area (Å²) in [5, 5.41) is 14.1. The molecule has 0 radical (unpaired) electrons. The number of aromatic hydroxyl groups is 1. The van der Waals surface area contributed by atoms with Crippen LogP contribution in [0.2, 0.25) is 5.02 Å². The van der Waals surface area contributed by atoms with Gasteiger partial charge in [-0.25, -0.2) is 15.8 Å². The lowest BCUT2D eigenvalue weighted by atomic mass is 9.99. The van der Waals surface area contributed by atoms with E-state index in [1.54, 1.807) is 12.1 Å². The van der Waals surface area contributed by atoms with Crippen LogP contribution in [-0.2, 0) is 4.79 Å². The molecule has 1 aliphatic heterocycles. The number of benzene rings is 2. The van der Waals surface area contributed by atoms with Crippen molar-refractivity contribution < 1.29 is 9.90 Å². The molecule has 1 aromatic heterocycles. The van der Waals surface area contributed by atoms with Crippen LogP contribution < -0.4 is 16.2 Å². The molecule has 134 valence electrons. The fraction of sp³-hybridized carbons (Fsp3) is 0.222. The highest BCUT2D eigenvalue weighted by Crippen LogP contribution is 2.31. The van der Waals surface area contributed by atoms with Gasteiger partial charge in [-0.05, 0) is 37.6 Å². The van der Waals surface area contributed by atoms with Gasteiger partial charge in [-0.3, -0.25) is 4.79 Å². The predicted octanol–water partition coefficient (Wildman–Crippen LogP) is 3.51. The molecule has 26 heavy (non-hydrogen) atoms. The molecule has 0 bridgehead atoms. The quantitative estimate of drug-likeness (QED) is 0.551. The summed E-state index contributed by atoms with van der Waals surface area (Å²) in [6.45, 7) is 1.97. The minimum Gasteiger partial charge on any atom is -0.508 e. The lowest BCUT2D eigenvalue weighted by Crippen LogP contribution is -2.39. The molecular formula is C18H17ClN4O2S. The molecule has 6 nitrogen and oxygen atoms in total. The third-order valence-electron chi connectivity index (χ3n) is 4.36. The van der Waals surface area contributed by atoms with Crippen molar-refractivity contribution in [3.63, 3.8) is 0 Å². The molecule has 1 saturated heterocycles. The summed E-state index contributed by atoms with van der Waals surface area (Å²) in [5.41, 5.74) is 8.72. The highest BCUT2D eigenvalue weighted by molar-refractivity contribution is 7.22. The number of fused-ring (bicyclic) bond motifs is 1. The first-order valence-electron chi connectivity index (χ1n) is 8.17. The molecule has 1 fully saturated rings. The molecule has 2 heterocycles. The average molecular weight is 389 g/mol. The monoisotopic (exact) mass is 388 g/mol. The van der Waals surface area contributed by atoms with Gasteiger partial charge >= 0.3 is 0 Å². The van der Waals surface area contributed by atoms with Crippen molar-refractivity contribution in [3.8, 4) is 5.75 Å². The molecular weight excluding hydrogens is 372 g/mol. The number of nitrogens with one attached hydrogen (secondary N) is 3.